The van der Waals surface area contributed by atoms with Crippen molar-refractivity contribution in [1.29, 1.82) is 0 Å². The molecule has 0 heterocycles. The van der Waals surface area contributed by atoms with Crippen LogP contribution >= 0.6 is 12.6 Å². The third kappa shape index (κ3) is 8.60. The second-order valence-electron chi connectivity index (χ2n) is 4.82. The number of aliphatic carboxylic acids is 2. The molecule has 7 N–H and O–H groups in total. The van der Waals surface area contributed by atoms with Crippen LogP contribution < -0.4 is 16.8 Å². The van der Waals surface area contributed by atoms with Crippen LogP contribution in [0.1, 0.15) is 32.1 Å². The first-order valence-electron chi connectivity index (χ1n) is 6.64. The van der Waals surface area contributed by atoms with Gasteiger partial charge >= 0.3 is 11.9 Å². The van der Waals surface area contributed by atoms with Crippen molar-refractivity contribution in [3.05, 3.63) is 0 Å². The summed E-state index contributed by atoms with van der Waals surface area (Å²) in [6.45, 7) is 0. The van der Waals surface area contributed by atoms with Crippen LogP contribution in [0.2, 0.25) is 0 Å². The number of amides is 1. The monoisotopic (exact) mass is 335 g/mol. The van der Waals surface area contributed by atoms with Crippen molar-refractivity contribution in [1.82, 2.24) is 5.32 Å². The van der Waals surface area contributed by atoms with Gasteiger partial charge in [0.05, 0.1) is 6.04 Å². The fraction of sp³-hybridized carbons (Fsp3) is 0.667. The van der Waals surface area contributed by atoms with E-state index in [0.717, 1.165) is 0 Å². The minimum atomic E-state index is -1.21. The predicted molar refractivity (Wildman–Crippen MR) is 80.2 cm³/mol. The topological polar surface area (TPSA) is 173 Å². The van der Waals surface area contributed by atoms with Gasteiger partial charge in [0.2, 0.25) is 11.0 Å². The Hall–Kier alpha value is -1.65. The van der Waals surface area contributed by atoms with E-state index in [1.165, 1.54) is 0 Å². The summed E-state index contributed by atoms with van der Waals surface area (Å²) in [6, 6.07) is -3.05. The molecular formula is C12H21N3O6S. The largest absolute Gasteiger partial charge is 0.480 e. The molecule has 0 aromatic heterocycles. The van der Waals surface area contributed by atoms with E-state index in [1.807, 2.05) is 0 Å². The van der Waals surface area contributed by atoms with Gasteiger partial charge in [-0.15, -0.1) is 12.6 Å². The van der Waals surface area contributed by atoms with Gasteiger partial charge in [-0.05, 0) is 25.7 Å². The molecule has 0 saturated carbocycles. The highest BCUT2D eigenvalue weighted by atomic mass is 32.1. The Morgan fingerprint density at radius 1 is 0.955 bits per heavy atom. The first-order valence-corrected chi connectivity index (χ1v) is 7.08. The van der Waals surface area contributed by atoms with Crippen LogP contribution in [0.3, 0.4) is 0 Å². The second kappa shape index (κ2) is 10.1. The molecule has 0 saturated heterocycles. The van der Waals surface area contributed by atoms with E-state index in [0.29, 0.717) is 6.42 Å². The number of carboxylic acid groups (broad SMARTS) is 2. The van der Waals surface area contributed by atoms with Crippen LogP contribution in [0, 0.1) is 0 Å². The van der Waals surface area contributed by atoms with Crippen molar-refractivity contribution in [2.24, 2.45) is 11.5 Å². The lowest BCUT2D eigenvalue weighted by Crippen LogP contribution is -2.40. The van der Waals surface area contributed by atoms with E-state index < -0.39 is 41.1 Å². The van der Waals surface area contributed by atoms with E-state index >= 15 is 0 Å². The molecule has 0 fully saturated rings. The third-order valence-corrected chi connectivity index (χ3v) is 3.27. The van der Waals surface area contributed by atoms with E-state index in [-0.39, 0.29) is 25.7 Å². The molecule has 1 amide bonds. The van der Waals surface area contributed by atoms with Crippen molar-refractivity contribution in [2.75, 3.05) is 0 Å². The molecule has 9 nitrogen and oxygen atoms in total. The first kappa shape index (κ1) is 20.3. The van der Waals surface area contributed by atoms with Gasteiger partial charge in [0.1, 0.15) is 12.1 Å². The summed E-state index contributed by atoms with van der Waals surface area (Å²) in [5.41, 5.74) is 10.6. The number of nitrogens with two attached hydrogens (primary N) is 2. The van der Waals surface area contributed by atoms with Gasteiger partial charge in [-0.3, -0.25) is 19.2 Å². The van der Waals surface area contributed by atoms with E-state index in [1.54, 1.807) is 0 Å². The highest BCUT2D eigenvalue weighted by Gasteiger charge is 2.20. The van der Waals surface area contributed by atoms with E-state index in [2.05, 4.69) is 17.9 Å². The van der Waals surface area contributed by atoms with E-state index in [9.17, 15) is 19.2 Å². The van der Waals surface area contributed by atoms with Gasteiger partial charge in [-0.2, -0.15) is 0 Å². The van der Waals surface area contributed by atoms with Crippen LogP contribution in [0.5, 0.6) is 0 Å². The van der Waals surface area contributed by atoms with Crippen LogP contribution in [0.15, 0.2) is 0 Å². The summed E-state index contributed by atoms with van der Waals surface area (Å²) in [5.74, 6) is -2.87. The summed E-state index contributed by atoms with van der Waals surface area (Å²) >= 11 is 3.65. The molecule has 10 heteroatoms. The van der Waals surface area contributed by atoms with Crippen molar-refractivity contribution in [3.63, 3.8) is 0 Å². The summed E-state index contributed by atoms with van der Waals surface area (Å²) in [7, 11) is 0. The molecule has 126 valence electrons. The first-order chi connectivity index (χ1) is 10.1. The zero-order chi connectivity index (χ0) is 17.3. The van der Waals surface area contributed by atoms with Crippen molar-refractivity contribution >= 4 is 35.6 Å². The minimum absolute atomic E-state index is 0.0570. The molecule has 0 aliphatic heterocycles. The molecule has 0 aliphatic carbocycles. The van der Waals surface area contributed by atoms with Crippen molar-refractivity contribution < 1.29 is 29.4 Å². The quantitative estimate of drug-likeness (QED) is 0.253. The second-order valence-corrected chi connectivity index (χ2v) is 5.26. The molecule has 0 spiro atoms. The average molecular weight is 335 g/mol. The number of thiol groups is 1. The van der Waals surface area contributed by atoms with Gasteiger partial charge in [-0.1, -0.05) is 0 Å². The van der Waals surface area contributed by atoms with Crippen molar-refractivity contribution in [3.8, 4) is 0 Å². The minimum Gasteiger partial charge on any atom is -0.480 e. The number of hydrogen-bond donors (Lipinski definition) is 6. The summed E-state index contributed by atoms with van der Waals surface area (Å²) in [6.07, 6.45) is 0.476. The number of nitrogens with one attached hydrogen (secondary N) is 1. The predicted octanol–water partition coefficient (Wildman–Crippen LogP) is -1.30. The summed E-state index contributed by atoms with van der Waals surface area (Å²) in [4.78, 5) is 44.0. The maximum atomic E-state index is 11.6. The number of rotatable bonds is 11. The van der Waals surface area contributed by atoms with Gasteiger partial charge < -0.3 is 27.0 Å². The lowest BCUT2D eigenvalue weighted by molar-refractivity contribution is -0.139. The van der Waals surface area contributed by atoms with Gasteiger partial charge in [0.15, 0.2) is 0 Å². The zero-order valence-corrected chi connectivity index (χ0v) is 12.8. The Kier molecular flexibility index (Phi) is 9.38. The lowest BCUT2D eigenvalue weighted by atomic mass is 10.1. The zero-order valence-electron chi connectivity index (χ0n) is 11.9. The fourth-order valence-electron chi connectivity index (χ4n) is 1.60. The maximum Gasteiger partial charge on any atom is 0.320 e. The van der Waals surface area contributed by atoms with E-state index in [4.69, 9.17) is 21.7 Å². The Balaban J connectivity index is 4.23. The molecule has 3 atom stereocenters. The normalized spacial score (nSPS) is 14.7. The van der Waals surface area contributed by atoms with Crippen LogP contribution in [0.25, 0.3) is 0 Å². The van der Waals surface area contributed by atoms with Gasteiger partial charge in [-0.25, -0.2) is 0 Å². The molecular weight excluding hydrogens is 314 g/mol. The van der Waals surface area contributed by atoms with Crippen LogP contribution in [-0.2, 0) is 19.2 Å². The molecule has 22 heavy (non-hydrogen) atoms. The SMILES string of the molecule is N[C@H](CCC(=O)N[C@@H](CCC[C@H](N)C(=O)O)C(=O)S)C(=O)O. The maximum absolute atomic E-state index is 11.6. The number of carbonyl (C=O) groups is 4. The van der Waals surface area contributed by atoms with Crippen LogP contribution in [0.4, 0.5) is 0 Å². The molecule has 0 unspecified atom stereocenters. The Morgan fingerprint density at radius 3 is 1.91 bits per heavy atom. The van der Waals surface area contributed by atoms with Crippen LogP contribution in [-0.4, -0.2) is 51.3 Å². The molecule has 0 bridgehead atoms. The lowest BCUT2D eigenvalue weighted by Gasteiger charge is -2.16. The highest BCUT2D eigenvalue weighted by Crippen LogP contribution is 2.07. The molecule has 0 rings (SSSR count). The van der Waals surface area contributed by atoms with Gasteiger partial charge in [0, 0.05) is 6.42 Å². The summed E-state index contributed by atoms with van der Waals surface area (Å²) in [5, 5.41) is 19.1. The third-order valence-electron chi connectivity index (χ3n) is 2.96. The molecule has 0 radical (unpaired) electrons. The summed E-state index contributed by atoms with van der Waals surface area (Å²) < 4.78 is 0. The molecule has 0 aromatic carbocycles. The Bertz CT molecular complexity index is 431. The number of carbonyl (C=O) groups excluding carboxylic acids is 2. The van der Waals surface area contributed by atoms with Crippen molar-refractivity contribution in [2.45, 2.75) is 50.2 Å². The average Bonchev–Trinajstić information content (AvgIpc) is 2.42. The standard InChI is InChI=1S/C12H21N3O6S/c13-6(10(17)18)2-1-3-8(12(21)22)15-9(16)5-4-7(14)11(19)20/h6-8H,1-5,13-14H2,(H,15,16)(H,17,18)(H,19,20)(H,21,22)/t6-,7+,8-/m0/s1. The molecule has 0 aromatic rings. The Labute approximate surface area is 132 Å². The highest BCUT2D eigenvalue weighted by molar-refractivity contribution is 7.96. The van der Waals surface area contributed by atoms with Gasteiger partial charge in [0.25, 0.3) is 0 Å². The smallest absolute Gasteiger partial charge is 0.320 e. The Morgan fingerprint density at radius 2 is 1.45 bits per heavy atom. The number of hydrogen-bond acceptors (Lipinski definition) is 6. The molecule has 0 aliphatic rings. The number of carboxylic acids is 2. The fourth-order valence-corrected chi connectivity index (χ4v) is 1.79.